The predicted octanol–water partition coefficient (Wildman–Crippen LogP) is 2.61. The topological polar surface area (TPSA) is 71.1 Å². The smallest absolute Gasteiger partial charge is 0.274 e. The van der Waals surface area contributed by atoms with E-state index in [1.54, 1.807) is 6.07 Å². The molecule has 0 saturated carbocycles. The number of halogens is 1. The predicted molar refractivity (Wildman–Crippen MR) is 81.2 cm³/mol. The van der Waals surface area contributed by atoms with E-state index in [-0.39, 0.29) is 17.4 Å². The zero-order valence-electron chi connectivity index (χ0n) is 12.1. The van der Waals surface area contributed by atoms with Crippen LogP contribution in [0.4, 0.5) is 10.1 Å². The van der Waals surface area contributed by atoms with Gasteiger partial charge in [-0.1, -0.05) is 6.92 Å². The van der Waals surface area contributed by atoms with E-state index in [1.807, 2.05) is 6.92 Å². The first kappa shape index (κ1) is 15.6. The van der Waals surface area contributed by atoms with Crippen molar-refractivity contribution in [3.8, 4) is 0 Å². The van der Waals surface area contributed by atoms with Crippen LogP contribution in [0.5, 0.6) is 0 Å². The van der Waals surface area contributed by atoms with Gasteiger partial charge >= 0.3 is 0 Å². The Hall–Kier alpha value is -2.76. The fourth-order valence-corrected chi connectivity index (χ4v) is 1.76. The van der Waals surface area contributed by atoms with Crippen LogP contribution < -0.4 is 10.6 Å². The summed E-state index contributed by atoms with van der Waals surface area (Å²) in [6, 6.07) is 8.36. The van der Waals surface area contributed by atoms with Crippen molar-refractivity contribution in [3.63, 3.8) is 0 Å². The first-order valence-corrected chi connectivity index (χ1v) is 6.91. The van der Waals surface area contributed by atoms with Gasteiger partial charge in [0, 0.05) is 24.0 Å². The van der Waals surface area contributed by atoms with Gasteiger partial charge in [-0.2, -0.15) is 0 Å². The molecule has 22 heavy (non-hydrogen) atoms. The largest absolute Gasteiger partial charge is 0.352 e. The lowest BCUT2D eigenvalue weighted by molar-refractivity contribution is 0.0953. The molecule has 0 saturated heterocycles. The molecule has 0 bridgehead atoms. The van der Waals surface area contributed by atoms with Crippen molar-refractivity contribution in [1.29, 1.82) is 0 Å². The van der Waals surface area contributed by atoms with Gasteiger partial charge in [0.05, 0.1) is 0 Å². The average molecular weight is 301 g/mol. The number of carbonyl (C=O) groups excluding carboxylic acids is 2. The van der Waals surface area contributed by atoms with Crippen LogP contribution >= 0.6 is 0 Å². The minimum absolute atomic E-state index is 0.119. The Kier molecular flexibility index (Phi) is 5.19. The molecule has 0 unspecified atom stereocenters. The van der Waals surface area contributed by atoms with Crippen LogP contribution in [0.2, 0.25) is 0 Å². The first-order valence-electron chi connectivity index (χ1n) is 6.91. The third kappa shape index (κ3) is 4.12. The molecule has 6 heteroatoms. The lowest BCUT2D eigenvalue weighted by Gasteiger charge is -2.07. The van der Waals surface area contributed by atoms with E-state index >= 15 is 0 Å². The molecule has 2 rings (SSSR count). The molecule has 1 aromatic heterocycles. The third-order valence-electron chi connectivity index (χ3n) is 2.89. The Morgan fingerprint density at radius 1 is 1.14 bits per heavy atom. The van der Waals surface area contributed by atoms with E-state index in [1.165, 1.54) is 36.5 Å². The van der Waals surface area contributed by atoms with Gasteiger partial charge in [-0.15, -0.1) is 0 Å². The normalized spacial score (nSPS) is 10.1. The minimum atomic E-state index is -0.461. The minimum Gasteiger partial charge on any atom is -0.352 e. The molecular weight excluding hydrogens is 285 g/mol. The highest BCUT2D eigenvalue weighted by Gasteiger charge is 2.11. The molecule has 1 heterocycles. The fraction of sp³-hybridized carbons (Fsp3) is 0.188. The number of aromatic nitrogens is 1. The molecule has 0 spiro atoms. The van der Waals surface area contributed by atoms with E-state index in [0.717, 1.165) is 6.42 Å². The zero-order valence-corrected chi connectivity index (χ0v) is 12.1. The second-order valence-corrected chi connectivity index (χ2v) is 4.65. The molecule has 0 fully saturated rings. The van der Waals surface area contributed by atoms with Crippen molar-refractivity contribution in [2.75, 3.05) is 11.9 Å². The van der Waals surface area contributed by atoms with Crippen LogP contribution in [0.3, 0.4) is 0 Å². The third-order valence-corrected chi connectivity index (χ3v) is 2.89. The highest BCUT2D eigenvalue weighted by atomic mass is 19.1. The molecule has 0 atom stereocenters. The Bertz CT molecular complexity index is 671. The van der Waals surface area contributed by atoms with Gasteiger partial charge in [0.25, 0.3) is 11.8 Å². The molecule has 0 aliphatic heterocycles. The maximum Gasteiger partial charge on any atom is 0.274 e. The molecule has 2 amide bonds. The van der Waals surface area contributed by atoms with Crippen molar-refractivity contribution in [3.05, 3.63) is 59.7 Å². The Balaban J connectivity index is 2.09. The van der Waals surface area contributed by atoms with Gasteiger partial charge < -0.3 is 10.6 Å². The van der Waals surface area contributed by atoms with E-state index in [2.05, 4.69) is 15.6 Å². The Morgan fingerprint density at radius 2 is 1.86 bits per heavy atom. The second kappa shape index (κ2) is 7.31. The highest BCUT2D eigenvalue weighted by molar-refractivity contribution is 6.04. The van der Waals surface area contributed by atoms with E-state index in [4.69, 9.17) is 0 Å². The molecule has 114 valence electrons. The van der Waals surface area contributed by atoms with E-state index < -0.39 is 5.91 Å². The summed E-state index contributed by atoms with van der Waals surface area (Å²) in [6.07, 6.45) is 2.23. The number of rotatable bonds is 5. The maximum atomic E-state index is 12.8. The Morgan fingerprint density at radius 3 is 2.55 bits per heavy atom. The molecule has 5 nitrogen and oxygen atoms in total. The number of amides is 2. The average Bonchev–Trinajstić information content (AvgIpc) is 2.54. The number of hydrogen-bond donors (Lipinski definition) is 2. The first-order chi connectivity index (χ1) is 10.6. The molecule has 2 N–H and O–H groups in total. The van der Waals surface area contributed by atoms with Crippen molar-refractivity contribution in [1.82, 2.24) is 10.3 Å². The number of anilines is 1. The highest BCUT2D eigenvalue weighted by Crippen LogP contribution is 2.10. The van der Waals surface area contributed by atoms with Crippen LogP contribution in [-0.4, -0.2) is 23.3 Å². The summed E-state index contributed by atoms with van der Waals surface area (Å²) in [5.41, 5.74) is 0.940. The van der Waals surface area contributed by atoms with Crippen LogP contribution in [0.1, 0.15) is 34.2 Å². The summed E-state index contributed by atoms with van der Waals surface area (Å²) >= 11 is 0. The number of benzene rings is 1. The molecule has 0 aliphatic rings. The number of nitrogens with zero attached hydrogens (tertiary/aromatic N) is 1. The van der Waals surface area contributed by atoms with Crippen LogP contribution in [0.25, 0.3) is 0 Å². The van der Waals surface area contributed by atoms with Gasteiger partial charge in [0.1, 0.15) is 11.5 Å². The summed E-state index contributed by atoms with van der Waals surface area (Å²) in [6.45, 7) is 2.52. The van der Waals surface area contributed by atoms with Crippen LogP contribution in [0, 0.1) is 5.82 Å². The van der Waals surface area contributed by atoms with Crippen molar-refractivity contribution >= 4 is 17.5 Å². The second-order valence-electron chi connectivity index (χ2n) is 4.65. The lowest BCUT2D eigenvalue weighted by Crippen LogP contribution is -2.24. The molecule has 0 radical (unpaired) electrons. The molecule has 1 aromatic carbocycles. The quantitative estimate of drug-likeness (QED) is 0.891. The number of carbonyl (C=O) groups is 2. The van der Waals surface area contributed by atoms with Gasteiger partial charge in [-0.25, -0.2) is 4.39 Å². The van der Waals surface area contributed by atoms with Gasteiger partial charge in [-0.05, 0) is 42.8 Å². The Labute approximate surface area is 127 Å². The summed E-state index contributed by atoms with van der Waals surface area (Å²) < 4.78 is 12.8. The molecule has 2 aromatic rings. The van der Waals surface area contributed by atoms with Crippen molar-refractivity contribution in [2.24, 2.45) is 0 Å². The number of hydrogen-bond acceptors (Lipinski definition) is 3. The maximum absolute atomic E-state index is 12.8. The van der Waals surface area contributed by atoms with E-state index in [0.29, 0.717) is 17.8 Å². The standard InChI is InChI=1S/C16H16FN3O2/c1-2-8-19-15(21)11-7-9-18-14(10-11)16(22)20-13-5-3-12(17)4-6-13/h3-7,9-10H,2,8H2,1H3,(H,19,21)(H,20,22). The SMILES string of the molecule is CCCNC(=O)c1ccnc(C(=O)Nc2ccc(F)cc2)c1. The molecule has 0 aliphatic carbocycles. The summed E-state index contributed by atoms with van der Waals surface area (Å²) in [7, 11) is 0. The van der Waals surface area contributed by atoms with Gasteiger partial charge in [-0.3, -0.25) is 14.6 Å². The summed E-state index contributed by atoms with van der Waals surface area (Å²) in [5, 5.41) is 5.33. The van der Waals surface area contributed by atoms with Gasteiger partial charge in [0.15, 0.2) is 0 Å². The zero-order chi connectivity index (χ0) is 15.9. The van der Waals surface area contributed by atoms with Crippen LogP contribution in [0.15, 0.2) is 42.6 Å². The van der Waals surface area contributed by atoms with E-state index in [9.17, 15) is 14.0 Å². The van der Waals surface area contributed by atoms with Gasteiger partial charge in [0.2, 0.25) is 0 Å². The van der Waals surface area contributed by atoms with Crippen molar-refractivity contribution in [2.45, 2.75) is 13.3 Å². The lowest BCUT2D eigenvalue weighted by atomic mass is 10.2. The van der Waals surface area contributed by atoms with Crippen molar-refractivity contribution < 1.29 is 14.0 Å². The monoisotopic (exact) mass is 301 g/mol. The summed E-state index contributed by atoms with van der Waals surface area (Å²) in [5.74, 6) is -1.09. The fourth-order valence-electron chi connectivity index (χ4n) is 1.76. The number of pyridine rings is 1. The number of nitrogens with one attached hydrogen (secondary N) is 2. The van der Waals surface area contributed by atoms with Crippen LogP contribution in [-0.2, 0) is 0 Å². The molecular formula is C16H16FN3O2. The summed E-state index contributed by atoms with van der Waals surface area (Å²) in [4.78, 5) is 27.9.